The molecule has 1 rings (SSSR count). The van der Waals surface area contributed by atoms with Crippen molar-refractivity contribution < 1.29 is 8.42 Å². The van der Waals surface area contributed by atoms with Crippen LogP contribution >= 0.6 is 0 Å². The van der Waals surface area contributed by atoms with Crippen molar-refractivity contribution in [3.63, 3.8) is 0 Å². The minimum atomic E-state index is -3.01. The van der Waals surface area contributed by atoms with Crippen molar-refractivity contribution >= 4 is 10.0 Å². The second kappa shape index (κ2) is 5.12. The average Bonchev–Trinajstić information content (AvgIpc) is 2.01. The Bertz CT molecular complexity index is 251. The van der Waals surface area contributed by atoms with Crippen LogP contribution in [0.5, 0.6) is 0 Å². The molecule has 0 aliphatic carbocycles. The molecule has 0 radical (unpaired) electrons. The van der Waals surface area contributed by atoms with Crippen LogP contribution in [-0.4, -0.2) is 31.1 Å². The smallest absolute Gasteiger partial charge is 0.212 e. The number of hydrogen-bond donors (Lipinski definition) is 0. The van der Waals surface area contributed by atoms with Gasteiger partial charge in [0, 0.05) is 13.1 Å². The molecular formula is C10H21NO2S. The van der Waals surface area contributed by atoms with Crippen LogP contribution in [0.1, 0.15) is 46.0 Å². The number of nitrogens with zero attached hydrogens (tertiary/aromatic N) is 1. The van der Waals surface area contributed by atoms with Gasteiger partial charge in [-0.05, 0) is 26.7 Å². The highest BCUT2D eigenvalue weighted by molar-refractivity contribution is 7.89. The highest BCUT2D eigenvalue weighted by Crippen LogP contribution is 2.16. The molecule has 0 N–H and O–H groups in total. The average molecular weight is 219 g/mol. The van der Waals surface area contributed by atoms with Crippen LogP contribution in [0, 0.1) is 0 Å². The first-order valence-corrected chi connectivity index (χ1v) is 7.04. The van der Waals surface area contributed by atoms with Crippen molar-refractivity contribution in [1.29, 1.82) is 0 Å². The predicted molar refractivity (Wildman–Crippen MR) is 58.7 cm³/mol. The lowest BCUT2D eigenvalue weighted by Crippen LogP contribution is -2.38. The van der Waals surface area contributed by atoms with E-state index in [-0.39, 0.29) is 5.25 Å². The maximum atomic E-state index is 11.9. The Kier molecular flexibility index (Phi) is 4.38. The zero-order valence-electron chi connectivity index (χ0n) is 9.20. The Morgan fingerprint density at radius 1 is 0.929 bits per heavy atom. The number of sulfonamides is 1. The third-order valence-corrected chi connectivity index (χ3v) is 5.05. The van der Waals surface area contributed by atoms with Gasteiger partial charge < -0.3 is 0 Å². The molecule has 1 aliphatic heterocycles. The molecule has 0 bridgehead atoms. The van der Waals surface area contributed by atoms with Crippen LogP contribution in [0.2, 0.25) is 0 Å². The molecule has 3 nitrogen and oxygen atoms in total. The molecular weight excluding hydrogens is 198 g/mol. The van der Waals surface area contributed by atoms with E-state index in [4.69, 9.17) is 0 Å². The van der Waals surface area contributed by atoms with E-state index in [2.05, 4.69) is 0 Å². The molecule has 4 heteroatoms. The molecule has 0 spiro atoms. The van der Waals surface area contributed by atoms with Crippen LogP contribution in [0.4, 0.5) is 0 Å². The maximum Gasteiger partial charge on any atom is 0.216 e. The minimum absolute atomic E-state index is 0.276. The Morgan fingerprint density at radius 3 is 1.79 bits per heavy atom. The van der Waals surface area contributed by atoms with E-state index >= 15 is 0 Å². The number of rotatable bonds is 2. The summed E-state index contributed by atoms with van der Waals surface area (Å²) in [5.41, 5.74) is 0. The first-order valence-electron chi connectivity index (χ1n) is 5.54. The largest absolute Gasteiger partial charge is 0.216 e. The fraction of sp³-hybridized carbons (Fsp3) is 1.00. The first kappa shape index (κ1) is 12.0. The molecule has 14 heavy (non-hydrogen) atoms. The van der Waals surface area contributed by atoms with Crippen LogP contribution in [0.25, 0.3) is 0 Å². The van der Waals surface area contributed by atoms with Gasteiger partial charge in [-0.25, -0.2) is 12.7 Å². The second-order valence-electron chi connectivity index (χ2n) is 4.26. The molecule has 0 saturated carbocycles. The van der Waals surface area contributed by atoms with Gasteiger partial charge in [0.2, 0.25) is 10.0 Å². The first-order chi connectivity index (χ1) is 6.55. The highest BCUT2D eigenvalue weighted by Gasteiger charge is 2.25. The zero-order valence-corrected chi connectivity index (χ0v) is 10.0. The molecule has 0 aromatic rings. The molecule has 1 saturated heterocycles. The van der Waals surface area contributed by atoms with E-state index in [1.54, 1.807) is 18.2 Å². The maximum absolute atomic E-state index is 11.9. The fourth-order valence-corrected chi connectivity index (χ4v) is 3.13. The van der Waals surface area contributed by atoms with E-state index in [0.29, 0.717) is 0 Å². The third kappa shape index (κ3) is 2.95. The fourth-order valence-electron chi connectivity index (χ4n) is 1.77. The quantitative estimate of drug-likeness (QED) is 0.712. The molecule has 0 aromatic heterocycles. The van der Waals surface area contributed by atoms with Crippen molar-refractivity contribution in [2.45, 2.75) is 51.2 Å². The number of hydrogen-bond acceptors (Lipinski definition) is 2. The third-order valence-electron chi connectivity index (χ3n) is 2.77. The van der Waals surface area contributed by atoms with Crippen molar-refractivity contribution in [3.8, 4) is 0 Å². The summed E-state index contributed by atoms with van der Waals surface area (Å²) < 4.78 is 25.4. The van der Waals surface area contributed by atoms with Gasteiger partial charge >= 0.3 is 0 Å². The van der Waals surface area contributed by atoms with E-state index in [1.807, 2.05) is 0 Å². The second-order valence-corrected chi connectivity index (χ2v) is 6.75. The van der Waals surface area contributed by atoms with Gasteiger partial charge in [0.25, 0.3) is 0 Å². The summed E-state index contributed by atoms with van der Waals surface area (Å²) in [5.74, 6) is 0. The SMILES string of the molecule is CC(C)S(=O)(=O)N1CCCCCCC1. The summed E-state index contributed by atoms with van der Waals surface area (Å²) in [6.07, 6.45) is 5.64. The molecule has 1 heterocycles. The van der Waals surface area contributed by atoms with Gasteiger partial charge in [-0.15, -0.1) is 0 Å². The molecule has 1 fully saturated rings. The molecule has 0 unspecified atom stereocenters. The van der Waals surface area contributed by atoms with Crippen molar-refractivity contribution in [1.82, 2.24) is 4.31 Å². The van der Waals surface area contributed by atoms with E-state index < -0.39 is 10.0 Å². The zero-order chi connectivity index (χ0) is 10.6. The lowest BCUT2D eigenvalue weighted by atomic mass is 10.1. The molecule has 1 aliphatic rings. The van der Waals surface area contributed by atoms with Gasteiger partial charge in [-0.2, -0.15) is 0 Å². The molecule has 0 atom stereocenters. The summed E-state index contributed by atoms with van der Waals surface area (Å²) >= 11 is 0. The topological polar surface area (TPSA) is 37.4 Å². The van der Waals surface area contributed by atoms with Crippen LogP contribution in [0.15, 0.2) is 0 Å². The Hall–Kier alpha value is -0.0900. The highest BCUT2D eigenvalue weighted by atomic mass is 32.2. The van der Waals surface area contributed by atoms with Gasteiger partial charge in [-0.3, -0.25) is 0 Å². The van der Waals surface area contributed by atoms with Crippen molar-refractivity contribution in [3.05, 3.63) is 0 Å². The Morgan fingerprint density at radius 2 is 1.36 bits per heavy atom. The van der Waals surface area contributed by atoms with Crippen LogP contribution in [-0.2, 0) is 10.0 Å². The summed E-state index contributed by atoms with van der Waals surface area (Å²) in [6.45, 7) is 4.96. The van der Waals surface area contributed by atoms with E-state index in [9.17, 15) is 8.42 Å². The lowest BCUT2D eigenvalue weighted by molar-refractivity contribution is 0.361. The summed E-state index contributed by atoms with van der Waals surface area (Å²) in [5, 5.41) is -0.276. The minimum Gasteiger partial charge on any atom is -0.212 e. The lowest BCUT2D eigenvalue weighted by Gasteiger charge is -2.25. The van der Waals surface area contributed by atoms with Crippen LogP contribution in [0.3, 0.4) is 0 Å². The summed E-state index contributed by atoms with van der Waals surface area (Å²) in [7, 11) is -3.01. The van der Waals surface area contributed by atoms with Gasteiger partial charge in [0.15, 0.2) is 0 Å². The Balaban J connectivity index is 2.64. The van der Waals surface area contributed by atoms with Crippen molar-refractivity contribution in [2.24, 2.45) is 0 Å². The van der Waals surface area contributed by atoms with Gasteiger partial charge in [0.05, 0.1) is 5.25 Å². The molecule has 0 amide bonds. The summed E-state index contributed by atoms with van der Waals surface area (Å²) in [4.78, 5) is 0. The normalized spacial score (nSPS) is 21.9. The predicted octanol–water partition coefficient (Wildman–Crippen LogP) is 1.99. The summed E-state index contributed by atoms with van der Waals surface area (Å²) in [6, 6.07) is 0. The van der Waals surface area contributed by atoms with E-state index in [1.165, 1.54) is 19.3 Å². The van der Waals surface area contributed by atoms with E-state index in [0.717, 1.165) is 25.9 Å². The van der Waals surface area contributed by atoms with Gasteiger partial charge in [0.1, 0.15) is 0 Å². The van der Waals surface area contributed by atoms with Gasteiger partial charge in [-0.1, -0.05) is 19.3 Å². The van der Waals surface area contributed by atoms with Crippen LogP contribution < -0.4 is 0 Å². The Labute approximate surface area is 87.5 Å². The monoisotopic (exact) mass is 219 g/mol. The molecule has 0 aromatic carbocycles. The van der Waals surface area contributed by atoms with Crippen molar-refractivity contribution in [2.75, 3.05) is 13.1 Å². The molecule has 84 valence electrons. The standard InChI is InChI=1S/C10H21NO2S/c1-10(2)14(12,13)11-8-6-4-3-5-7-9-11/h10H,3-9H2,1-2H3.